The molecule has 0 fully saturated rings. The van der Waals surface area contributed by atoms with E-state index in [4.69, 9.17) is 0 Å². The van der Waals surface area contributed by atoms with Gasteiger partial charge in [0.2, 0.25) is 0 Å². The maximum absolute atomic E-state index is 12.0. The van der Waals surface area contributed by atoms with Gasteiger partial charge >= 0.3 is 0 Å². The molecule has 1 aromatic carbocycles. The second kappa shape index (κ2) is 3.62. The molecule has 4 nitrogen and oxygen atoms in total. The fourth-order valence-electron chi connectivity index (χ4n) is 2.35. The quantitative estimate of drug-likeness (QED) is 0.354. The highest BCUT2D eigenvalue weighted by atomic mass is 16.1. The van der Waals surface area contributed by atoms with Crippen molar-refractivity contribution < 1.29 is 0 Å². The van der Waals surface area contributed by atoms with E-state index in [1.807, 2.05) is 53.2 Å². The summed E-state index contributed by atoms with van der Waals surface area (Å²) in [5.74, 6) is 0.495. The summed E-state index contributed by atoms with van der Waals surface area (Å²) in [5, 5.41) is 1.52. The highest BCUT2D eigenvalue weighted by molar-refractivity contribution is 5.95. The average molecular weight is 247 g/mol. The van der Waals surface area contributed by atoms with Crippen LogP contribution in [0.2, 0.25) is 0 Å². The van der Waals surface area contributed by atoms with Crippen molar-refractivity contribution in [2.45, 2.75) is 0 Å². The van der Waals surface area contributed by atoms with Crippen LogP contribution in [0, 0.1) is 0 Å². The van der Waals surface area contributed by atoms with Crippen molar-refractivity contribution in [2.75, 3.05) is 0 Å². The molecule has 2 aromatic rings. The highest BCUT2D eigenvalue weighted by Gasteiger charge is 2.13. The molecule has 2 aliphatic rings. The molecule has 0 N–H and O–H groups in total. The Kier molecular flexibility index (Phi) is 1.94. The normalized spacial score (nSPS) is 11.4. The van der Waals surface area contributed by atoms with Crippen LogP contribution in [0.15, 0.2) is 59.7 Å². The lowest BCUT2D eigenvalue weighted by Crippen LogP contribution is -2.11. The van der Waals surface area contributed by atoms with E-state index in [-0.39, 0.29) is 5.56 Å². The molecular formula is C15H9N3O. The molecule has 0 radical (unpaired) electrons. The minimum absolute atomic E-state index is 0.226. The van der Waals surface area contributed by atoms with Gasteiger partial charge in [-0.25, -0.2) is 4.98 Å². The van der Waals surface area contributed by atoms with E-state index < -0.39 is 0 Å². The molecule has 0 bridgehead atoms. The Morgan fingerprint density at radius 3 is 2.58 bits per heavy atom. The predicted octanol–water partition coefficient (Wildman–Crippen LogP) is 2.35. The van der Waals surface area contributed by atoms with Crippen molar-refractivity contribution in [2.24, 2.45) is 0 Å². The van der Waals surface area contributed by atoms with E-state index >= 15 is 0 Å². The Balaban J connectivity index is 2.30. The van der Waals surface area contributed by atoms with Gasteiger partial charge in [0.1, 0.15) is 5.65 Å². The predicted molar refractivity (Wildman–Crippen MR) is 73.4 cm³/mol. The number of nitrogens with zero attached hydrogens (tertiary/aromatic N) is 3. The summed E-state index contributed by atoms with van der Waals surface area (Å²) in [5.41, 5.74) is 1.44. The molecule has 90 valence electrons. The summed E-state index contributed by atoms with van der Waals surface area (Å²) in [7, 11) is 0. The van der Waals surface area contributed by atoms with Crippen molar-refractivity contribution in [1.82, 2.24) is 14.4 Å². The van der Waals surface area contributed by atoms with E-state index in [1.54, 1.807) is 6.07 Å². The number of rotatable bonds is 0. The number of hydrogen-bond acceptors (Lipinski definition) is 3. The second-order valence-electron chi connectivity index (χ2n) is 4.41. The number of pyridine rings is 2. The van der Waals surface area contributed by atoms with Crippen molar-refractivity contribution in [3.05, 3.63) is 65.2 Å². The molecule has 0 spiro atoms. The van der Waals surface area contributed by atoms with Crippen molar-refractivity contribution in [1.29, 1.82) is 0 Å². The molecular weight excluding hydrogens is 238 g/mol. The molecule has 0 unspecified atom stereocenters. The second-order valence-corrected chi connectivity index (χ2v) is 4.41. The van der Waals surface area contributed by atoms with Gasteiger partial charge in [-0.15, -0.1) is 0 Å². The molecule has 2 aliphatic heterocycles. The SMILES string of the molecule is O=c1nc2nc3ccccn3cc-2c2ccccc12. The number of benzene rings is 1. The average Bonchev–Trinajstić information content (AvgIpc) is 2.46. The monoisotopic (exact) mass is 247 g/mol. The van der Waals surface area contributed by atoms with E-state index in [9.17, 15) is 4.79 Å². The summed E-state index contributed by atoms with van der Waals surface area (Å²) in [4.78, 5) is 20.5. The third kappa shape index (κ3) is 1.43. The maximum Gasteiger partial charge on any atom is 0.279 e. The van der Waals surface area contributed by atoms with Crippen molar-refractivity contribution in [3.63, 3.8) is 0 Å². The van der Waals surface area contributed by atoms with E-state index in [2.05, 4.69) is 9.97 Å². The van der Waals surface area contributed by atoms with Gasteiger partial charge in [-0.1, -0.05) is 24.3 Å². The highest BCUT2D eigenvalue weighted by Crippen LogP contribution is 2.25. The van der Waals surface area contributed by atoms with Crippen molar-refractivity contribution >= 4 is 16.4 Å². The van der Waals surface area contributed by atoms with Gasteiger partial charge < -0.3 is 4.40 Å². The smallest absolute Gasteiger partial charge is 0.279 e. The fourth-order valence-corrected chi connectivity index (χ4v) is 2.35. The first-order valence-corrected chi connectivity index (χ1v) is 5.99. The Morgan fingerprint density at radius 2 is 1.68 bits per heavy atom. The van der Waals surface area contributed by atoms with Gasteiger partial charge in [-0.05, 0) is 23.6 Å². The number of hydrogen-bond donors (Lipinski definition) is 0. The zero-order valence-electron chi connectivity index (χ0n) is 9.95. The lowest BCUT2D eigenvalue weighted by molar-refractivity contribution is 1.07. The first-order chi connectivity index (χ1) is 9.33. The topological polar surface area (TPSA) is 47.3 Å². The van der Waals surface area contributed by atoms with Crippen LogP contribution in [0.25, 0.3) is 27.8 Å². The van der Waals surface area contributed by atoms with Crippen LogP contribution >= 0.6 is 0 Å². The third-order valence-corrected chi connectivity index (χ3v) is 3.25. The van der Waals surface area contributed by atoms with Gasteiger partial charge in [0.15, 0.2) is 5.82 Å². The number of aromatic nitrogens is 3. The van der Waals surface area contributed by atoms with E-state index in [1.165, 1.54) is 0 Å². The molecule has 0 atom stereocenters. The molecule has 19 heavy (non-hydrogen) atoms. The lowest BCUT2D eigenvalue weighted by atomic mass is 10.1. The molecule has 1 aromatic heterocycles. The summed E-state index contributed by atoms with van der Waals surface area (Å²) in [6.45, 7) is 0. The first kappa shape index (κ1) is 10.2. The Morgan fingerprint density at radius 1 is 0.895 bits per heavy atom. The van der Waals surface area contributed by atoms with Gasteiger partial charge in [0.25, 0.3) is 5.56 Å². The minimum Gasteiger partial charge on any atom is -0.308 e. The molecule has 0 saturated heterocycles. The van der Waals surface area contributed by atoms with Crippen LogP contribution in [0.5, 0.6) is 0 Å². The van der Waals surface area contributed by atoms with Crippen molar-refractivity contribution in [3.8, 4) is 11.4 Å². The zero-order chi connectivity index (χ0) is 12.8. The molecule has 0 aliphatic carbocycles. The Labute approximate surface area is 108 Å². The van der Waals surface area contributed by atoms with Crippen LogP contribution in [-0.4, -0.2) is 14.4 Å². The van der Waals surface area contributed by atoms with Crippen LogP contribution in [0.1, 0.15) is 0 Å². The van der Waals surface area contributed by atoms with E-state index in [0.29, 0.717) is 11.2 Å². The number of fused-ring (bicyclic) bond motifs is 4. The summed E-state index contributed by atoms with van der Waals surface area (Å²) in [6, 6.07) is 13.2. The summed E-state index contributed by atoms with van der Waals surface area (Å²) >= 11 is 0. The van der Waals surface area contributed by atoms with Gasteiger partial charge in [0, 0.05) is 23.3 Å². The fraction of sp³-hybridized carbons (Fsp3) is 0. The van der Waals surface area contributed by atoms with Crippen LogP contribution < -0.4 is 5.56 Å². The Bertz CT molecular complexity index is 943. The molecule has 4 rings (SSSR count). The van der Waals surface area contributed by atoms with Crippen LogP contribution in [0.4, 0.5) is 0 Å². The molecule has 3 heterocycles. The molecule has 4 heteroatoms. The van der Waals surface area contributed by atoms with Gasteiger partial charge in [-0.3, -0.25) is 4.79 Å². The maximum atomic E-state index is 12.0. The van der Waals surface area contributed by atoms with Crippen LogP contribution in [-0.2, 0) is 0 Å². The first-order valence-electron chi connectivity index (χ1n) is 5.99. The zero-order valence-corrected chi connectivity index (χ0v) is 9.95. The minimum atomic E-state index is -0.226. The van der Waals surface area contributed by atoms with Crippen LogP contribution in [0.3, 0.4) is 0 Å². The third-order valence-electron chi connectivity index (χ3n) is 3.25. The van der Waals surface area contributed by atoms with E-state index in [0.717, 1.165) is 16.6 Å². The molecule has 0 saturated carbocycles. The standard InChI is InChI=1S/C15H9N3O/c19-15-11-6-2-1-5-10(11)12-9-18-8-4-3-7-13(18)16-14(12)17-15/h1-9H. The summed E-state index contributed by atoms with van der Waals surface area (Å²) in [6.07, 6.45) is 3.90. The van der Waals surface area contributed by atoms with Gasteiger partial charge in [0.05, 0.1) is 0 Å². The largest absolute Gasteiger partial charge is 0.308 e. The molecule has 0 amide bonds. The Hall–Kier alpha value is -2.75. The summed E-state index contributed by atoms with van der Waals surface area (Å²) < 4.78 is 1.93. The lowest BCUT2D eigenvalue weighted by Gasteiger charge is -2.09. The van der Waals surface area contributed by atoms with Gasteiger partial charge in [-0.2, -0.15) is 4.98 Å².